The lowest BCUT2D eigenvalue weighted by Crippen LogP contribution is -2.40. The molecule has 0 aliphatic heterocycles. The van der Waals surface area contributed by atoms with Gasteiger partial charge in [-0.3, -0.25) is 0 Å². The highest BCUT2D eigenvalue weighted by Gasteiger charge is 2.33. The van der Waals surface area contributed by atoms with Gasteiger partial charge in [-0.15, -0.1) is 0 Å². The van der Waals surface area contributed by atoms with Crippen molar-refractivity contribution in [1.29, 1.82) is 0 Å². The molecule has 0 aliphatic rings. The fourth-order valence-electron chi connectivity index (χ4n) is 1.82. The summed E-state index contributed by atoms with van der Waals surface area (Å²) in [5.41, 5.74) is -1.23. The van der Waals surface area contributed by atoms with Crippen molar-refractivity contribution >= 4 is 18.0 Å². The molecule has 1 unspecified atom stereocenters. The highest BCUT2D eigenvalue weighted by atomic mass is 32.2. The van der Waals surface area contributed by atoms with Crippen LogP contribution in [0.1, 0.15) is 67.6 Å². The number of hydrogen-bond acceptors (Lipinski definition) is 7. The Bertz CT molecular complexity index is 735. The second kappa shape index (κ2) is 24.9. The molecule has 8 heteroatoms. The van der Waals surface area contributed by atoms with Crippen molar-refractivity contribution in [3.63, 3.8) is 0 Å². The Morgan fingerprint density at radius 2 is 1.53 bits per heavy atom. The Morgan fingerprint density at radius 1 is 1.06 bits per heavy atom. The molecule has 0 fully saturated rings. The fourth-order valence-corrected chi connectivity index (χ4v) is 1.82. The molecule has 0 aliphatic carbocycles. The van der Waals surface area contributed by atoms with Crippen molar-refractivity contribution in [2.75, 3.05) is 6.26 Å². The van der Waals surface area contributed by atoms with Gasteiger partial charge < -0.3 is 23.7 Å². The molecule has 2 rings (SSSR count). The van der Waals surface area contributed by atoms with Crippen molar-refractivity contribution < 1.29 is 28.5 Å². The summed E-state index contributed by atoms with van der Waals surface area (Å²) >= 11 is 0.750. The second-order valence-electron chi connectivity index (χ2n) is 5.96. The van der Waals surface area contributed by atoms with Gasteiger partial charge in [0, 0.05) is 12.3 Å². The zero-order chi connectivity index (χ0) is 26.8. The summed E-state index contributed by atoms with van der Waals surface area (Å²) in [7, 11) is 0. The number of rotatable bonds is 8. The number of carboxylic acid groups (broad SMARTS) is 1. The second-order valence-corrected chi connectivity index (χ2v) is 6.33. The normalized spacial score (nSPS) is 11.2. The van der Waals surface area contributed by atoms with Crippen molar-refractivity contribution in [2.45, 2.75) is 74.0 Å². The standard InChI is InChI=1S/C15H17NO5.C6H10.2C2H6.CH4OS/c1-3-15(2,14(17)18)20-12-6-4-11(5-7-12)19-10-13-8-9-16-21-13;1-3-5-6-4-2;2*1-2;1-3-2/h4-9H,3,10H2,1-2H3,(H,17,18);3-6H,1-2H3;2*1-2H3;2H,1H3/b;5-3-,6-4-;;;. The van der Waals surface area contributed by atoms with Crippen LogP contribution in [0.25, 0.3) is 0 Å². The van der Waals surface area contributed by atoms with E-state index in [0.29, 0.717) is 23.7 Å². The number of ether oxygens (including phenoxy) is 2. The average Bonchev–Trinajstić information content (AvgIpc) is 3.39. The van der Waals surface area contributed by atoms with Crippen LogP contribution in [0.3, 0.4) is 0 Å². The van der Waals surface area contributed by atoms with E-state index in [4.69, 9.17) is 18.5 Å². The average molecular weight is 498 g/mol. The number of carboxylic acids is 1. The van der Waals surface area contributed by atoms with E-state index < -0.39 is 11.6 Å². The molecule has 1 heterocycles. The third kappa shape index (κ3) is 17.8. The van der Waals surface area contributed by atoms with Gasteiger partial charge >= 0.3 is 5.97 Å². The van der Waals surface area contributed by atoms with Crippen LogP contribution in [-0.4, -0.2) is 32.6 Å². The minimum atomic E-state index is -1.23. The van der Waals surface area contributed by atoms with E-state index >= 15 is 0 Å². The van der Waals surface area contributed by atoms with Crippen molar-refractivity contribution in [3.05, 3.63) is 66.6 Å². The molecule has 2 N–H and O–H groups in total. The number of benzene rings is 1. The zero-order valence-electron chi connectivity index (χ0n) is 22.1. The number of hydrogen-bond donors (Lipinski definition) is 2. The van der Waals surface area contributed by atoms with Gasteiger partial charge in [-0.1, -0.05) is 64.1 Å². The molecule has 194 valence electrons. The summed E-state index contributed by atoms with van der Waals surface area (Å²) in [4.78, 5) is 11.2. The number of carbonyl (C=O) groups is 1. The van der Waals surface area contributed by atoms with Gasteiger partial charge in [-0.05, 0) is 63.5 Å². The van der Waals surface area contributed by atoms with E-state index in [-0.39, 0.29) is 6.61 Å². The molecule has 2 aromatic rings. The molecule has 7 nitrogen and oxygen atoms in total. The van der Waals surface area contributed by atoms with Crippen LogP contribution in [0, 0.1) is 0 Å². The molecule has 0 saturated heterocycles. The third-order valence-electron chi connectivity index (χ3n) is 3.66. The minimum Gasteiger partial charge on any atom is -0.486 e. The first-order valence-electron chi connectivity index (χ1n) is 11.3. The van der Waals surface area contributed by atoms with E-state index in [1.54, 1.807) is 56.6 Å². The van der Waals surface area contributed by atoms with Crippen LogP contribution < -0.4 is 9.47 Å². The third-order valence-corrected chi connectivity index (χ3v) is 3.66. The SMILES string of the molecule is C/C=C\C=C/C.CC.CC.CCC(C)(Oc1ccc(OCc2ccno2)cc1)C(=O)O.CSO. The molecule has 0 amide bonds. The lowest BCUT2D eigenvalue weighted by molar-refractivity contribution is -0.154. The number of allylic oxidation sites excluding steroid dienone is 4. The van der Waals surface area contributed by atoms with E-state index in [1.807, 2.05) is 65.8 Å². The Hall–Kier alpha value is -2.71. The maximum Gasteiger partial charge on any atom is 0.347 e. The van der Waals surface area contributed by atoms with Crippen LogP contribution in [0.15, 0.2) is 65.4 Å². The minimum absolute atomic E-state index is 0.280. The molecule has 1 aromatic heterocycles. The molecule has 0 saturated carbocycles. The highest BCUT2D eigenvalue weighted by Crippen LogP contribution is 2.24. The van der Waals surface area contributed by atoms with Crippen molar-refractivity contribution in [1.82, 2.24) is 5.16 Å². The van der Waals surface area contributed by atoms with Crippen LogP contribution >= 0.6 is 12.0 Å². The summed E-state index contributed by atoms with van der Waals surface area (Å²) in [6.07, 6.45) is 11.5. The Labute approximate surface area is 210 Å². The highest BCUT2D eigenvalue weighted by molar-refractivity contribution is 7.93. The van der Waals surface area contributed by atoms with Crippen LogP contribution in [-0.2, 0) is 11.4 Å². The first-order valence-corrected chi connectivity index (χ1v) is 12.5. The quantitative estimate of drug-likeness (QED) is 0.280. The Kier molecular flexibility index (Phi) is 26.3. The lowest BCUT2D eigenvalue weighted by atomic mass is 10.0. The lowest BCUT2D eigenvalue weighted by Gasteiger charge is -2.24. The van der Waals surface area contributed by atoms with Crippen molar-refractivity contribution in [3.8, 4) is 11.5 Å². The summed E-state index contributed by atoms with van der Waals surface area (Å²) in [6.45, 7) is 15.6. The molecule has 0 radical (unpaired) electrons. The van der Waals surface area contributed by atoms with Gasteiger partial charge in [0.15, 0.2) is 5.76 Å². The van der Waals surface area contributed by atoms with Gasteiger partial charge in [-0.2, -0.15) is 0 Å². The molecular weight excluding hydrogens is 454 g/mol. The first-order chi connectivity index (χ1) is 16.4. The maximum absolute atomic E-state index is 11.2. The summed E-state index contributed by atoms with van der Waals surface area (Å²) in [5.74, 6) is 0.747. The van der Waals surface area contributed by atoms with Crippen LogP contribution in [0.5, 0.6) is 11.5 Å². The predicted molar refractivity (Wildman–Crippen MR) is 143 cm³/mol. The molecule has 34 heavy (non-hydrogen) atoms. The fraction of sp³-hybridized carbons (Fsp3) is 0.462. The van der Waals surface area contributed by atoms with E-state index in [0.717, 1.165) is 12.0 Å². The number of nitrogens with zero attached hydrogens (tertiary/aromatic N) is 1. The molecule has 1 atom stereocenters. The van der Waals surface area contributed by atoms with E-state index in [1.165, 1.54) is 0 Å². The van der Waals surface area contributed by atoms with Gasteiger partial charge in [0.2, 0.25) is 5.60 Å². The van der Waals surface area contributed by atoms with Crippen LogP contribution in [0.2, 0.25) is 0 Å². The van der Waals surface area contributed by atoms with Gasteiger partial charge in [0.25, 0.3) is 0 Å². The monoisotopic (exact) mass is 497 g/mol. The smallest absolute Gasteiger partial charge is 0.347 e. The van der Waals surface area contributed by atoms with E-state index in [2.05, 4.69) is 5.16 Å². The van der Waals surface area contributed by atoms with E-state index in [9.17, 15) is 9.90 Å². The Balaban J connectivity index is -0.000000619. The van der Waals surface area contributed by atoms with Gasteiger partial charge in [-0.25, -0.2) is 4.79 Å². The largest absolute Gasteiger partial charge is 0.486 e. The van der Waals surface area contributed by atoms with Crippen molar-refractivity contribution in [2.24, 2.45) is 0 Å². The summed E-state index contributed by atoms with van der Waals surface area (Å²) in [5, 5.41) is 12.8. The summed E-state index contributed by atoms with van der Waals surface area (Å²) in [6, 6.07) is 8.49. The number of aliphatic carboxylic acids is 1. The molecular formula is C26H43NO6S. The predicted octanol–water partition coefficient (Wildman–Crippen LogP) is 7.90. The summed E-state index contributed by atoms with van der Waals surface area (Å²) < 4.78 is 23.4. The first kappa shape index (κ1) is 35.9. The Morgan fingerprint density at radius 3 is 1.88 bits per heavy atom. The maximum atomic E-state index is 11.2. The zero-order valence-corrected chi connectivity index (χ0v) is 22.9. The molecule has 0 bridgehead atoms. The van der Waals surface area contributed by atoms with Crippen LogP contribution in [0.4, 0.5) is 0 Å². The number of aromatic nitrogens is 1. The molecule has 1 aromatic carbocycles. The van der Waals surface area contributed by atoms with Gasteiger partial charge in [0.05, 0.1) is 6.20 Å². The topological polar surface area (TPSA) is 102 Å². The molecule has 0 spiro atoms. The van der Waals surface area contributed by atoms with Gasteiger partial charge in [0.1, 0.15) is 18.1 Å².